The first-order valence-electron chi connectivity index (χ1n) is 10.6. The number of hydrogen-bond acceptors (Lipinski definition) is 5. The highest BCUT2D eigenvalue weighted by Crippen LogP contribution is 2.28. The minimum Gasteiger partial charge on any atom is -0.351 e. The van der Waals surface area contributed by atoms with Crippen LogP contribution in [0.1, 0.15) is 53.4 Å². The number of fused-ring (bicyclic) bond motifs is 1. The van der Waals surface area contributed by atoms with E-state index < -0.39 is 0 Å². The van der Waals surface area contributed by atoms with Gasteiger partial charge in [0.25, 0.3) is 5.91 Å². The van der Waals surface area contributed by atoms with Crippen LogP contribution in [0.25, 0.3) is 10.9 Å². The monoisotopic (exact) mass is 390 g/mol. The van der Waals surface area contributed by atoms with E-state index in [0.29, 0.717) is 11.7 Å². The van der Waals surface area contributed by atoms with E-state index in [-0.39, 0.29) is 5.91 Å². The summed E-state index contributed by atoms with van der Waals surface area (Å²) in [6.07, 6.45) is 6.20. The van der Waals surface area contributed by atoms with Gasteiger partial charge >= 0.3 is 0 Å². The van der Waals surface area contributed by atoms with Crippen LogP contribution < -0.4 is 0 Å². The third-order valence-corrected chi connectivity index (χ3v) is 6.13. The summed E-state index contributed by atoms with van der Waals surface area (Å²) >= 11 is 0. The number of pyridine rings is 1. The molecule has 0 N–H and O–H groups in total. The van der Waals surface area contributed by atoms with Gasteiger partial charge < -0.3 is 9.42 Å². The lowest BCUT2D eigenvalue weighted by Gasteiger charge is -2.31. The van der Waals surface area contributed by atoms with Crippen LogP contribution in [0.5, 0.6) is 0 Å². The topological polar surface area (TPSA) is 62.5 Å². The van der Waals surface area contributed by atoms with Crippen molar-refractivity contribution in [2.24, 2.45) is 0 Å². The zero-order valence-corrected chi connectivity index (χ0v) is 16.6. The largest absolute Gasteiger partial charge is 0.351 e. The molecule has 6 nitrogen and oxygen atoms in total. The van der Waals surface area contributed by atoms with Crippen LogP contribution in [0.4, 0.5) is 0 Å². The predicted octanol–water partition coefficient (Wildman–Crippen LogP) is 3.84. The molecule has 150 valence electrons. The highest BCUT2D eigenvalue weighted by atomic mass is 16.5. The first-order valence-corrected chi connectivity index (χ1v) is 10.6. The number of benzene rings is 1. The number of rotatable bonds is 4. The normalized spacial score (nSPS) is 20.4. The van der Waals surface area contributed by atoms with Gasteiger partial charge in [-0.15, -0.1) is 0 Å². The second-order valence-corrected chi connectivity index (χ2v) is 8.22. The van der Waals surface area contributed by atoms with E-state index in [2.05, 4.69) is 39.3 Å². The van der Waals surface area contributed by atoms with E-state index >= 15 is 0 Å². The second-order valence-electron chi connectivity index (χ2n) is 8.22. The van der Waals surface area contributed by atoms with Crippen LogP contribution in [-0.4, -0.2) is 52.0 Å². The van der Waals surface area contributed by atoms with Crippen molar-refractivity contribution >= 4 is 16.8 Å². The number of hydrogen-bond donors (Lipinski definition) is 0. The summed E-state index contributed by atoms with van der Waals surface area (Å²) in [6.45, 7) is 4.59. The summed E-state index contributed by atoms with van der Waals surface area (Å²) in [5.74, 6) is 0.689. The average molecular weight is 390 g/mol. The molecule has 1 aromatic carbocycles. The number of piperidine rings is 1. The van der Waals surface area contributed by atoms with Gasteiger partial charge in [-0.25, -0.2) is 0 Å². The van der Waals surface area contributed by atoms with E-state index in [0.717, 1.165) is 69.6 Å². The molecule has 0 saturated carbocycles. The van der Waals surface area contributed by atoms with Gasteiger partial charge in [-0.05, 0) is 56.0 Å². The Morgan fingerprint density at radius 1 is 1.10 bits per heavy atom. The maximum atomic E-state index is 12.5. The molecule has 0 radical (unpaired) electrons. The molecule has 0 bridgehead atoms. The Kier molecular flexibility index (Phi) is 5.02. The van der Waals surface area contributed by atoms with E-state index in [9.17, 15) is 4.79 Å². The molecular formula is C23H26N4O2. The molecule has 29 heavy (non-hydrogen) atoms. The molecule has 1 amide bonds. The van der Waals surface area contributed by atoms with Crippen molar-refractivity contribution in [3.05, 3.63) is 59.6 Å². The van der Waals surface area contributed by atoms with Crippen LogP contribution in [0.2, 0.25) is 0 Å². The number of nitrogens with zero attached hydrogens (tertiary/aromatic N) is 4. The third-order valence-electron chi connectivity index (χ3n) is 6.13. The van der Waals surface area contributed by atoms with E-state index in [1.54, 1.807) is 0 Å². The van der Waals surface area contributed by atoms with Gasteiger partial charge in [-0.3, -0.25) is 14.7 Å². The Bertz CT molecular complexity index is 1010. The first kappa shape index (κ1) is 18.3. The molecule has 0 spiro atoms. The van der Waals surface area contributed by atoms with Crippen molar-refractivity contribution in [3.8, 4) is 0 Å². The molecule has 2 aromatic heterocycles. The van der Waals surface area contributed by atoms with Crippen LogP contribution in [0.3, 0.4) is 0 Å². The SMILES string of the molecule is O=C(c1cc(C2CCCN(Cc3ccc4ncccc4c3)C2)no1)N1CCCC1. The fraction of sp³-hybridized carbons (Fsp3) is 0.435. The Morgan fingerprint density at radius 2 is 2.00 bits per heavy atom. The highest BCUT2D eigenvalue weighted by molar-refractivity contribution is 5.91. The van der Waals surface area contributed by atoms with E-state index in [4.69, 9.17) is 4.52 Å². The van der Waals surface area contributed by atoms with E-state index in [1.165, 1.54) is 10.9 Å². The summed E-state index contributed by atoms with van der Waals surface area (Å²) < 4.78 is 5.43. The molecule has 5 rings (SSSR count). The lowest BCUT2D eigenvalue weighted by atomic mass is 9.94. The summed E-state index contributed by atoms with van der Waals surface area (Å²) in [4.78, 5) is 21.3. The third kappa shape index (κ3) is 3.90. The molecule has 4 heterocycles. The smallest absolute Gasteiger partial charge is 0.292 e. The van der Waals surface area contributed by atoms with Gasteiger partial charge in [-0.2, -0.15) is 0 Å². The Hall–Kier alpha value is -2.73. The number of carbonyl (C=O) groups is 1. The second kappa shape index (κ2) is 7.95. The van der Waals surface area contributed by atoms with Gasteiger partial charge in [0.15, 0.2) is 0 Å². The fourth-order valence-electron chi connectivity index (χ4n) is 4.58. The molecule has 1 unspecified atom stereocenters. The Balaban J connectivity index is 1.26. The van der Waals surface area contributed by atoms with Gasteiger partial charge in [0.2, 0.25) is 5.76 Å². The lowest BCUT2D eigenvalue weighted by molar-refractivity contribution is 0.0751. The molecule has 1 atom stereocenters. The number of carbonyl (C=O) groups excluding carboxylic acids is 1. The zero-order chi connectivity index (χ0) is 19.6. The molecular weight excluding hydrogens is 364 g/mol. The summed E-state index contributed by atoms with van der Waals surface area (Å²) in [6, 6.07) is 12.5. The first-order chi connectivity index (χ1) is 14.3. The number of likely N-dealkylation sites (tertiary alicyclic amines) is 2. The maximum Gasteiger partial charge on any atom is 0.292 e. The summed E-state index contributed by atoms with van der Waals surface area (Å²) in [5.41, 5.74) is 3.25. The van der Waals surface area contributed by atoms with Gasteiger partial charge in [-0.1, -0.05) is 17.3 Å². The summed E-state index contributed by atoms with van der Waals surface area (Å²) in [5, 5.41) is 5.44. The van der Waals surface area contributed by atoms with Crippen LogP contribution in [0, 0.1) is 0 Å². The van der Waals surface area contributed by atoms with Gasteiger partial charge in [0.05, 0.1) is 11.2 Å². The number of amides is 1. The quantitative estimate of drug-likeness (QED) is 0.677. The zero-order valence-electron chi connectivity index (χ0n) is 16.6. The van der Waals surface area contributed by atoms with Crippen LogP contribution in [0.15, 0.2) is 47.1 Å². The lowest BCUT2D eigenvalue weighted by Crippen LogP contribution is -2.34. The van der Waals surface area contributed by atoms with Crippen molar-refractivity contribution in [1.29, 1.82) is 0 Å². The fourth-order valence-corrected chi connectivity index (χ4v) is 4.58. The Labute approximate surface area is 170 Å². The average Bonchev–Trinajstić information content (AvgIpc) is 3.46. The van der Waals surface area contributed by atoms with Crippen molar-refractivity contribution < 1.29 is 9.32 Å². The molecule has 2 fully saturated rings. The predicted molar refractivity (Wildman–Crippen MR) is 111 cm³/mol. The van der Waals surface area contributed by atoms with E-state index in [1.807, 2.05) is 23.2 Å². The maximum absolute atomic E-state index is 12.5. The standard InChI is InChI=1S/C23H26N4O2/c28-23(27-11-1-2-12-27)22-14-21(25-29-22)19-6-4-10-26(16-19)15-17-7-8-20-18(13-17)5-3-9-24-20/h3,5,7-9,13-14,19H,1-2,4,6,10-12,15-16H2. The van der Waals surface area contributed by atoms with Crippen molar-refractivity contribution in [2.75, 3.05) is 26.2 Å². The molecule has 2 aliphatic rings. The number of aromatic nitrogens is 2. The van der Waals surface area contributed by atoms with Crippen molar-refractivity contribution in [1.82, 2.24) is 19.9 Å². The molecule has 2 aliphatic heterocycles. The van der Waals surface area contributed by atoms with Crippen LogP contribution >= 0.6 is 0 Å². The minimum atomic E-state index is -0.0151. The van der Waals surface area contributed by atoms with Gasteiger partial charge in [0.1, 0.15) is 0 Å². The minimum absolute atomic E-state index is 0.0151. The summed E-state index contributed by atoms with van der Waals surface area (Å²) in [7, 11) is 0. The van der Waals surface area contributed by atoms with Crippen molar-refractivity contribution in [3.63, 3.8) is 0 Å². The van der Waals surface area contributed by atoms with Crippen LogP contribution in [-0.2, 0) is 6.54 Å². The molecule has 2 saturated heterocycles. The van der Waals surface area contributed by atoms with Crippen molar-refractivity contribution in [2.45, 2.75) is 38.1 Å². The Morgan fingerprint density at radius 3 is 2.90 bits per heavy atom. The highest BCUT2D eigenvalue weighted by Gasteiger charge is 2.28. The molecule has 3 aromatic rings. The van der Waals surface area contributed by atoms with Gasteiger partial charge in [0, 0.05) is 49.7 Å². The molecule has 6 heteroatoms. The molecule has 0 aliphatic carbocycles.